The lowest BCUT2D eigenvalue weighted by Crippen LogP contribution is -2.20. The van der Waals surface area contributed by atoms with Gasteiger partial charge in [-0.1, -0.05) is 6.92 Å². The lowest BCUT2D eigenvalue weighted by atomic mass is 10.1. The zero-order valence-electron chi connectivity index (χ0n) is 9.39. The quantitative estimate of drug-likeness (QED) is 0.793. The van der Waals surface area contributed by atoms with E-state index in [2.05, 4.69) is 12.2 Å². The van der Waals surface area contributed by atoms with Crippen LogP contribution in [0, 0.1) is 18.7 Å². The summed E-state index contributed by atoms with van der Waals surface area (Å²) in [4.78, 5) is 0. The first-order valence-electron chi connectivity index (χ1n) is 5.72. The Kier molecular flexibility index (Phi) is 2.94. The van der Waals surface area contributed by atoms with Gasteiger partial charge in [0, 0.05) is 11.7 Å². The van der Waals surface area contributed by atoms with Crippen LogP contribution < -0.4 is 5.32 Å². The Morgan fingerprint density at radius 3 is 2.67 bits per heavy atom. The zero-order valence-corrected chi connectivity index (χ0v) is 9.39. The van der Waals surface area contributed by atoms with Gasteiger partial charge in [-0.2, -0.15) is 0 Å². The summed E-state index contributed by atoms with van der Waals surface area (Å²) >= 11 is 0. The summed E-state index contributed by atoms with van der Waals surface area (Å²) in [5, 5.41) is 3.43. The largest absolute Gasteiger partial charge is 0.382 e. The Hall–Kier alpha value is -1.05. The number of hydrogen-bond donors (Lipinski definition) is 1. The maximum absolute atomic E-state index is 13.2. The van der Waals surface area contributed by atoms with Crippen LogP contribution in [0.3, 0.4) is 0 Å². The monoisotopic (exact) mass is 207 g/mol. The predicted octanol–water partition coefficient (Wildman–Crippen LogP) is 3.73. The highest BCUT2D eigenvalue weighted by Crippen LogP contribution is 2.35. The average molecular weight is 207 g/mol. The topological polar surface area (TPSA) is 12.0 Å². The van der Waals surface area contributed by atoms with Crippen molar-refractivity contribution in [3.8, 4) is 0 Å². The molecule has 1 saturated carbocycles. The van der Waals surface area contributed by atoms with Gasteiger partial charge in [-0.15, -0.1) is 0 Å². The molecule has 82 valence electrons. The fourth-order valence-electron chi connectivity index (χ4n) is 2.09. The molecule has 2 rings (SSSR count). The Balaban J connectivity index is 2.08. The van der Waals surface area contributed by atoms with Crippen LogP contribution in [0.2, 0.25) is 0 Å². The third-order valence-corrected chi connectivity index (χ3v) is 3.03. The van der Waals surface area contributed by atoms with Crippen molar-refractivity contribution in [3.05, 3.63) is 29.6 Å². The molecule has 0 aliphatic heterocycles. The first kappa shape index (κ1) is 10.5. The van der Waals surface area contributed by atoms with Crippen molar-refractivity contribution in [1.82, 2.24) is 0 Å². The van der Waals surface area contributed by atoms with E-state index in [0.29, 0.717) is 6.04 Å². The van der Waals surface area contributed by atoms with Crippen molar-refractivity contribution in [3.63, 3.8) is 0 Å². The third kappa shape index (κ3) is 2.71. The zero-order chi connectivity index (χ0) is 10.8. The number of rotatable bonds is 4. The Labute approximate surface area is 90.7 Å². The van der Waals surface area contributed by atoms with Gasteiger partial charge in [0.1, 0.15) is 5.82 Å². The highest BCUT2D eigenvalue weighted by molar-refractivity contribution is 5.47. The van der Waals surface area contributed by atoms with Crippen LogP contribution in [0.4, 0.5) is 10.1 Å². The van der Waals surface area contributed by atoms with Gasteiger partial charge in [-0.25, -0.2) is 4.39 Å². The smallest absolute Gasteiger partial charge is 0.125 e. The normalized spacial score (nSPS) is 17.5. The van der Waals surface area contributed by atoms with E-state index in [9.17, 15) is 4.39 Å². The molecule has 1 aromatic rings. The molecule has 1 N–H and O–H groups in total. The average Bonchev–Trinajstić information content (AvgIpc) is 2.95. The SMILES string of the molecule is CCC(Nc1cc(C)cc(F)c1)C1CC1. The van der Waals surface area contributed by atoms with Crippen molar-refractivity contribution in [2.24, 2.45) is 5.92 Å². The highest BCUT2D eigenvalue weighted by atomic mass is 19.1. The van der Waals surface area contributed by atoms with Crippen LogP contribution in [-0.2, 0) is 0 Å². The molecule has 15 heavy (non-hydrogen) atoms. The fourth-order valence-corrected chi connectivity index (χ4v) is 2.09. The lowest BCUT2D eigenvalue weighted by Gasteiger charge is -2.18. The van der Waals surface area contributed by atoms with Crippen molar-refractivity contribution in [2.75, 3.05) is 5.32 Å². The van der Waals surface area contributed by atoms with Gasteiger partial charge in [-0.05, 0) is 55.9 Å². The summed E-state index contributed by atoms with van der Waals surface area (Å²) in [7, 11) is 0. The summed E-state index contributed by atoms with van der Waals surface area (Å²) < 4.78 is 13.2. The maximum atomic E-state index is 13.2. The van der Waals surface area contributed by atoms with Crippen molar-refractivity contribution >= 4 is 5.69 Å². The number of anilines is 1. The van der Waals surface area contributed by atoms with Crippen LogP contribution >= 0.6 is 0 Å². The van der Waals surface area contributed by atoms with E-state index in [-0.39, 0.29) is 5.82 Å². The molecule has 0 bridgehead atoms. The molecule has 1 fully saturated rings. The van der Waals surface area contributed by atoms with Crippen LogP contribution in [0.5, 0.6) is 0 Å². The molecule has 0 radical (unpaired) electrons. The molecule has 0 heterocycles. The summed E-state index contributed by atoms with van der Waals surface area (Å²) in [6.07, 6.45) is 3.75. The third-order valence-electron chi connectivity index (χ3n) is 3.03. The molecule has 1 aliphatic rings. The summed E-state index contributed by atoms with van der Waals surface area (Å²) in [6.45, 7) is 4.11. The van der Waals surface area contributed by atoms with E-state index in [1.807, 2.05) is 13.0 Å². The minimum Gasteiger partial charge on any atom is -0.382 e. The molecule has 1 aliphatic carbocycles. The molecule has 0 amide bonds. The Morgan fingerprint density at radius 2 is 2.13 bits per heavy atom. The molecule has 0 spiro atoms. The minimum absolute atomic E-state index is 0.150. The molecule has 1 atom stereocenters. The van der Waals surface area contributed by atoms with E-state index in [0.717, 1.165) is 23.6 Å². The van der Waals surface area contributed by atoms with Crippen LogP contribution in [-0.4, -0.2) is 6.04 Å². The highest BCUT2D eigenvalue weighted by Gasteiger charge is 2.29. The van der Waals surface area contributed by atoms with Crippen molar-refractivity contribution in [2.45, 2.75) is 39.2 Å². The molecule has 1 nitrogen and oxygen atoms in total. The van der Waals surface area contributed by atoms with E-state index < -0.39 is 0 Å². The van der Waals surface area contributed by atoms with E-state index in [1.165, 1.54) is 12.8 Å². The van der Waals surface area contributed by atoms with Crippen molar-refractivity contribution < 1.29 is 4.39 Å². The van der Waals surface area contributed by atoms with Gasteiger partial charge in [0.2, 0.25) is 0 Å². The molecule has 0 aromatic heterocycles. The number of halogens is 1. The standard InChI is InChI=1S/C13H18FN/c1-3-13(10-4-5-10)15-12-7-9(2)6-11(14)8-12/h6-8,10,13,15H,3-5H2,1-2H3. The number of aryl methyl sites for hydroxylation is 1. The van der Waals surface area contributed by atoms with E-state index in [1.54, 1.807) is 12.1 Å². The van der Waals surface area contributed by atoms with Crippen LogP contribution in [0.25, 0.3) is 0 Å². The molecular formula is C13H18FN. The number of hydrogen-bond acceptors (Lipinski definition) is 1. The van der Waals surface area contributed by atoms with E-state index in [4.69, 9.17) is 0 Å². The van der Waals surface area contributed by atoms with Gasteiger partial charge < -0.3 is 5.32 Å². The molecule has 1 unspecified atom stereocenters. The number of benzene rings is 1. The first-order valence-corrected chi connectivity index (χ1v) is 5.72. The first-order chi connectivity index (χ1) is 7.19. The summed E-state index contributed by atoms with van der Waals surface area (Å²) in [5.41, 5.74) is 1.90. The van der Waals surface area contributed by atoms with Gasteiger partial charge in [0.05, 0.1) is 0 Å². The van der Waals surface area contributed by atoms with Gasteiger partial charge >= 0.3 is 0 Å². The Bertz CT molecular complexity index is 324. The molecule has 2 heteroatoms. The fraction of sp³-hybridized carbons (Fsp3) is 0.538. The summed E-state index contributed by atoms with van der Waals surface area (Å²) in [6, 6.07) is 5.67. The second-order valence-electron chi connectivity index (χ2n) is 4.51. The van der Waals surface area contributed by atoms with Gasteiger partial charge in [-0.3, -0.25) is 0 Å². The second-order valence-corrected chi connectivity index (χ2v) is 4.51. The Morgan fingerprint density at radius 1 is 1.40 bits per heavy atom. The van der Waals surface area contributed by atoms with E-state index >= 15 is 0 Å². The maximum Gasteiger partial charge on any atom is 0.125 e. The summed E-state index contributed by atoms with van der Waals surface area (Å²) in [5.74, 6) is 0.654. The van der Waals surface area contributed by atoms with Crippen molar-refractivity contribution in [1.29, 1.82) is 0 Å². The predicted molar refractivity (Wildman–Crippen MR) is 61.6 cm³/mol. The van der Waals surface area contributed by atoms with Crippen LogP contribution in [0.1, 0.15) is 31.7 Å². The van der Waals surface area contributed by atoms with Gasteiger partial charge in [0.25, 0.3) is 0 Å². The molecule has 0 saturated heterocycles. The van der Waals surface area contributed by atoms with Gasteiger partial charge in [0.15, 0.2) is 0 Å². The molecular weight excluding hydrogens is 189 g/mol. The minimum atomic E-state index is -0.150. The molecule has 1 aromatic carbocycles. The lowest BCUT2D eigenvalue weighted by molar-refractivity contribution is 0.609. The second kappa shape index (κ2) is 4.21. The van der Waals surface area contributed by atoms with Crippen LogP contribution in [0.15, 0.2) is 18.2 Å². The number of nitrogens with one attached hydrogen (secondary N) is 1.